The number of halogens is 1. The summed E-state index contributed by atoms with van der Waals surface area (Å²) in [5.74, 6) is 1.51. The first kappa shape index (κ1) is 12.1. The van der Waals surface area contributed by atoms with Gasteiger partial charge in [-0.3, -0.25) is 0 Å². The van der Waals surface area contributed by atoms with Crippen LogP contribution in [0.15, 0.2) is 34.9 Å². The lowest BCUT2D eigenvalue weighted by Gasteiger charge is -1.98. The molecular weight excluding hydrogens is 236 g/mol. The van der Waals surface area contributed by atoms with E-state index in [-0.39, 0.29) is 0 Å². The molecule has 0 bridgehead atoms. The number of nitrogens with zero attached hydrogens (tertiary/aromatic N) is 1. The number of nitrogens with one attached hydrogen (secondary N) is 1. The molecule has 0 amide bonds. The van der Waals surface area contributed by atoms with E-state index in [0.717, 1.165) is 36.7 Å². The molecule has 1 N–H and O–H groups in total. The van der Waals surface area contributed by atoms with Crippen molar-refractivity contribution in [1.29, 1.82) is 0 Å². The number of hydrogen-bond donors (Lipinski definition) is 1. The van der Waals surface area contributed by atoms with Crippen molar-refractivity contribution in [3.8, 4) is 11.3 Å². The number of aromatic nitrogens is 1. The lowest BCUT2D eigenvalue weighted by atomic mass is 10.2. The fraction of sp³-hybridized carbons (Fsp3) is 0.308. The Hall–Kier alpha value is -1.32. The summed E-state index contributed by atoms with van der Waals surface area (Å²) in [6, 6.07) is 7.57. The second kappa shape index (κ2) is 5.84. The topological polar surface area (TPSA) is 38.1 Å². The van der Waals surface area contributed by atoms with Gasteiger partial charge in [-0.25, -0.2) is 4.98 Å². The van der Waals surface area contributed by atoms with Crippen molar-refractivity contribution in [2.24, 2.45) is 0 Å². The Labute approximate surface area is 106 Å². The van der Waals surface area contributed by atoms with Crippen LogP contribution in [0.2, 0.25) is 5.02 Å². The van der Waals surface area contributed by atoms with Crippen molar-refractivity contribution >= 4 is 11.6 Å². The van der Waals surface area contributed by atoms with E-state index < -0.39 is 0 Å². The Morgan fingerprint density at radius 1 is 1.41 bits per heavy atom. The molecular formula is C13H15ClN2O. The van der Waals surface area contributed by atoms with E-state index in [1.54, 1.807) is 6.20 Å². The number of benzene rings is 1. The van der Waals surface area contributed by atoms with Crippen LogP contribution in [0.25, 0.3) is 11.3 Å². The number of hydrogen-bond acceptors (Lipinski definition) is 3. The lowest BCUT2D eigenvalue weighted by Crippen LogP contribution is -2.16. The third kappa shape index (κ3) is 3.32. The number of likely N-dealkylation sites (N-methyl/N-ethyl adjacent to an activating group) is 1. The van der Waals surface area contributed by atoms with Crippen molar-refractivity contribution in [2.75, 3.05) is 13.1 Å². The molecule has 90 valence electrons. The zero-order valence-electron chi connectivity index (χ0n) is 9.74. The van der Waals surface area contributed by atoms with Gasteiger partial charge in [0.15, 0.2) is 11.7 Å². The molecule has 1 aromatic carbocycles. The molecule has 0 aliphatic rings. The van der Waals surface area contributed by atoms with Gasteiger partial charge in [-0.05, 0) is 18.7 Å². The molecule has 0 aliphatic carbocycles. The molecule has 2 aromatic rings. The van der Waals surface area contributed by atoms with E-state index in [4.69, 9.17) is 16.0 Å². The standard InChI is InChI=1S/C13H15ClN2O/c1-2-15-7-6-13-16-9-12(17-13)10-4-3-5-11(14)8-10/h3-5,8-9,15H,2,6-7H2,1H3. The average molecular weight is 251 g/mol. The Kier molecular flexibility index (Phi) is 4.18. The van der Waals surface area contributed by atoms with Gasteiger partial charge in [-0.2, -0.15) is 0 Å². The number of oxazole rings is 1. The molecule has 0 unspecified atom stereocenters. The highest BCUT2D eigenvalue weighted by molar-refractivity contribution is 6.30. The molecule has 0 saturated carbocycles. The second-order valence-corrected chi connectivity index (χ2v) is 4.17. The fourth-order valence-electron chi connectivity index (χ4n) is 1.57. The van der Waals surface area contributed by atoms with Crippen molar-refractivity contribution in [3.05, 3.63) is 41.4 Å². The largest absolute Gasteiger partial charge is 0.441 e. The van der Waals surface area contributed by atoms with Gasteiger partial charge in [0.2, 0.25) is 0 Å². The molecule has 0 atom stereocenters. The maximum absolute atomic E-state index is 5.93. The van der Waals surface area contributed by atoms with Crippen LogP contribution in [-0.2, 0) is 6.42 Å². The van der Waals surface area contributed by atoms with E-state index in [1.165, 1.54) is 0 Å². The van der Waals surface area contributed by atoms with Crippen molar-refractivity contribution in [3.63, 3.8) is 0 Å². The van der Waals surface area contributed by atoms with Gasteiger partial charge < -0.3 is 9.73 Å². The molecule has 1 aromatic heterocycles. The van der Waals surface area contributed by atoms with E-state index in [2.05, 4.69) is 17.2 Å². The third-order valence-corrected chi connectivity index (χ3v) is 2.66. The van der Waals surface area contributed by atoms with Gasteiger partial charge in [0.1, 0.15) is 0 Å². The summed E-state index contributed by atoms with van der Waals surface area (Å²) in [6.45, 7) is 3.92. The van der Waals surface area contributed by atoms with Gasteiger partial charge in [-0.1, -0.05) is 30.7 Å². The first-order valence-corrected chi connectivity index (χ1v) is 6.08. The SMILES string of the molecule is CCNCCc1ncc(-c2cccc(Cl)c2)o1. The fourth-order valence-corrected chi connectivity index (χ4v) is 1.76. The normalized spacial score (nSPS) is 10.7. The first-order chi connectivity index (χ1) is 8.29. The molecule has 3 nitrogen and oxygen atoms in total. The molecule has 0 spiro atoms. The maximum atomic E-state index is 5.93. The molecule has 4 heteroatoms. The van der Waals surface area contributed by atoms with Gasteiger partial charge in [-0.15, -0.1) is 0 Å². The quantitative estimate of drug-likeness (QED) is 0.829. The minimum atomic E-state index is 0.702. The molecule has 17 heavy (non-hydrogen) atoms. The van der Waals surface area contributed by atoms with Crippen LogP contribution in [0.3, 0.4) is 0 Å². The first-order valence-electron chi connectivity index (χ1n) is 5.71. The summed E-state index contributed by atoms with van der Waals surface area (Å²) in [6.07, 6.45) is 2.54. The van der Waals surface area contributed by atoms with Crippen LogP contribution < -0.4 is 5.32 Å². The summed E-state index contributed by atoms with van der Waals surface area (Å²) >= 11 is 5.93. The summed E-state index contributed by atoms with van der Waals surface area (Å²) in [7, 11) is 0. The highest BCUT2D eigenvalue weighted by Gasteiger charge is 2.06. The van der Waals surface area contributed by atoms with Crippen LogP contribution >= 0.6 is 11.6 Å². The van der Waals surface area contributed by atoms with Crippen LogP contribution in [0.5, 0.6) is 0 Å². The van der Waals surface area contributed by atoms with E-state index >= 15 is 0 Å². The average Bonchev–Trinajstić information content (AvgIpc) is 2.78. The van der Waals surface area contributed by atoms with E-state index in [9.17, 15) is 0 Å². The Bertz CT molecular complexity index is 482. The van der Waals surface area contributed by atoms with Crippen molar-refractivity contribution in [2.45, 2.75) is 13.3 Å². The predicted molar refractivity (Wildman–Crippen MR) is 69.2 cm³/mol. The molecule has 0 fully saturated rings. The summed E-state index contributed by atoms with van der Waals surface area (Å²) in [4.78, 5) is 4.24. The van der Waals surface area contributed by atoms with E-state index in [0.29, 0.717) is 5.02 Å². The van der Waals surface area contributed by atoms with Gasteiger partial charge >= 0.3 is 0 Å². The zero-order valence-corrected chi connectivity index (χ0v) is 10.5. The maximum Gasteiger partial charge on any atom is 0.196 e. The monoisotopic (exact) mass is 250 g/mol. The van der Waals surface area contributed by atoms with Crippen LogP contribution in [0.4, 0.5) is 0 Å². The van der Waals surface area contributed by atoms with Crippen molar-refractivity contribution < 1.29 is 4.42 Å². The van der Waals surface area contributed by atoms with E-state index in [1.807, 2.05) is 24.3 Å². The molecule has 1 heterocycles. The van der Waals surface area contributed by atoms with Gasteiger partial charge in [0.05, 0.1) is 6.20 Å². The highest BCUT2D eigenvalue weighted by atomic mass is 35.5. The summed E-state index contributed by atoms with van der Waals surface area (Å²) < 4.78 is 5.66. The highest BCUT2D eigenvalue weighted by Crippen LogP contribution is 2.23. The zero-order chi connectivity index (χ0) is 12.1. The smallest absolute Gasteiger partial charge is 0.196 e. The second-order valence-electron chi connectivity index (χ2n) is 3.73. The minimum Gasteiger partial charge on any atom is -0.441 e. The third-order valence-electron chi connectivity index (χ3n) is 2.43. The van der Waals surface area contributed by atoms with Crippen molar-refractivity contribution in [1.82, 2.24) is 10.3 Å². The van der Waals surface area contributed by atoms with Crippen LogP contribution in [0, 0.1) is 0 Å². The Morgan fingerprint density at radius 3 is 3.06 bits per heavy atom. The molecule has 2 rings (SSSR count). The molecule has 0 aliphatic heterocycles. The lowest BCUT2D eigenvalue weighted by molar-refractivity contribution is 0.497. The van der Waals surface area contributed by atoms with Gasteiger partial charge in [0, 0.05) is 23.6 Å². The minimum absolute atomic E-state index is 0.702. The van der Waals surface area contributed by atoms with Crippen LogP contribution in [-0.4, -0.2) is 18.1 Å². The predicted octanol–water partition coefficient (Wildman–Crippen LogP) is 3.15. The Balaban J connectivity index is 2.07. The number of rotatable bonds is 5. The molecule has 0 saturated heterocycles. The molecule has 0 radical (unpaired) electrons. The summed E-state index contributed by atoms with van der Waals surface area (Å²) in [5, 5.41) is 3.94. The Morgan fingerprint density at radius 2 is 2.29 bits per heavy atom. The summed E-state index contributed by atoms with van der Waals surface area (Å²) in [5.41, 5.74) is 0.958. The van der Waals surface area contributed by atoms with Gasteiger partial charge in [0.25, 0.3) is 0 Å². The van der Waals surface area contributed by atoms with Crippen LogP contribution in [0.1, 0.15) is 12.8 Å².